The summed E-state index contributed by atoms with van der Waals surface area (Å²) in [5.41, 5.74) is 1.26. The lowest BCUT2D eigenvalue weighted by molar-refractivity contribution is -0.159. The van der Waals surface area contributed by atoms with Gasteiger partial charge in [0.15, 0.2) is 5.54 Å². The van der Waals surface area contributed by atoms with Gasteiger partial charge in [0.25, 0.3) is 0 Å². The van der Waals surface area contributed by atoms with Gasteiger partial charge in [-0.3, -0.25) is 4.99 Å². The Morgan fingerprint density at radius 2 is 1.81 bits per heavy atom. The molecule has 0 saturated heterocycles. The van der Waals surface area contributed by atoms with E-state index in [1.165, 1.54) is 7.11 Å². The maximum Gasteiger partial charge on any atom is 0.338 e. The molecule has 2 aromatic rings. The summed E-state index contributed by atoms with van der Waals surface area (Å²) in [6.07, 6.45) is 5.43. The van der Waals surface area contributed by atoms with E-state index in [4.69, 9.17) is 14.2 Å². The zero-order chi connectivity index (χ0) is 23.4. The summed E-state index contributed by atoms with van der Waals surface area (Å²) < 4.78 is 16.3. The molecule has 0 aliphatic carbocycles. The van der Waals surface area contributed by atoms with Crippen molar-refractivity contribution in [2.24, 2.45) is 4.99 Å². The third kappa shape index (κ3) is 5.25. The fourth-order valence-electron chi connectivity index (χ4n) is 3.51. The highest BCUT2D eigenvalue weighted by Gasteiger charge is 2.41. The summed E-state index contributed by atoms with van der Waals surface area (Å²) in [4.78, 5) is 29.5. The Morgan fingerprint density at radius 1 is 1.06 bits per heavy atom. The van der Waals surface area contributed by atoms with E-state index in [2.05, 4.69) is 4.99 Å². The highest BCUT2D eigenvalue weighted by molar-refractivity contribution is 5.92. The van der Waals surface area contributed by atoms with Gasteiger partial charge in [0.2, 0.25) is 0 Å². The quantitative estimate of drug-likeness (QED) is 0.584. The minimum absolute atomic E-state index is 0.286. The number of carbonyl (C=O) groups is 2. The van der Waals surface area contributed by atoms with E-state index in [9.17, 15) is 9.59 Å². The third-order valence-electron chi connectivity index (χ3n) is 4.95. The van der Waals surface area contributed by atoms with Crippen molar-refractivity contribution in [2.75, 3.05) is 13.7 Å². The van der Waals surface area contributed by atoms with Crippen LogP contribution < -0.4 is 4.74 Å². The van der Waals surface area contributed by atoms with E-state index >= 15 is 0 Å². The van der Waals surface area contributed by atoms with Crippen LogP contribution in [0.1, 0.15) is 43.6 Å². The van der Waals surface area contributed by atoms with E-state index in [1.807, 2.05) is 58.0 Å². The van der Waals surface area contributed by atoms with E-state index in [-0.39, 0.29) is 6.42 Å². The molecule has 3 rings (SSSR count). The second kappa shape index (κ2) is 9.39. The number of aliphatic imine (C=N–C) groups is 1. The van der Waals surface area contributed by atoms with Crippen molar-refractivity contribution < 1.29 is 23.8 Å². The molecular formula is C26H29NO5. The number of esters is 2. The number of hydrogen-bond acceptors (Lipinski definition) is 6. The Labute approximate surface area is 188 Å². The Morgan fingerprint density at radius 3 is 2.44 bits per heavy atom. The molecule has 1 aliphatic rings. The lowest BCUT2D eigenvalue weighted by atomic mass is 9.89. The lowest BCUT2D eigenvalue weighted by Gasteiger charge is -2.28. The normalized spacial score (nSPS) is 17.3. The fourth-order valence-corrected chi connectivity index (χ4v) is 3.51. The fraction of sp³-hybridized carbons (Fsp3) is 0.346. The minimum atomic E-state index is -1.15. The molecule has 1 heterocycles. The molecule has 1 unspecified atom stereocenters. The second-order valence-electron chi connectivity index (χ2n) is 8.57. The molecular weight excluding hydrogens is 406 g/mol. The second-order valence-corrected chi connectivity index (χ2v) is 8.57. The summed E-state index contributed by atoms with van der Waals surface area (Å²) in [5, 5.41) is 0. The zero-order valence-corrected chi connectivity index (χ0v) is 19.2. The smallest absolute Gasteiger partial charge is 0.338 e. The van der Waals surface area contributed by atoms with Crippen molar-refractivity contribution >= 4 is 18.2 Å². The standard InChI is InChI=1S/C26H29NO5/c1-6-31-22-12-11-19(18-9-7-10-20(15-18)23(28)30-5)16-21(22)17-26(13-8-14-27-26)24(29)32-25(2,3)4/h7-16H,6,17H2,1-5H3. The number of benzene rings is 2. The van der Waals surface area contributed by atoms with Gasteiger partial charge in [0.1, 0.15) is 11.4 Å². The summed E-state index contributed by atoms with van der Waals surface area (Å²) in [6, 6.07) is 13.0. The first-order chi connectivity index (χ1) is 15.2. The van der Waals surface area contributed by atoms with Crippen LogP contribution >= 0.6 is 0 Å². The molecule has 0 radical (unpaired) electrons. The van der Waals surface area contributed by atoms with E-state index < -0.39 is 23.1 Å². The van der Waals surface area contributed by atoms with Crippen LogP contribution in [0, 0.1) is 0 Å². The average molecular weight is 436 g/mol. The van der Waals surface area contributed by atoms with Crippen molar-refractivity contribution in [1.29, 1.82) is 0 Å². The number of hydrogen-bond donors (Lipinski definition) is 0. The molecule has 32 heavy (non-hydrogen) atoms. The van der Waals surface area contributed by atoms with Gasteiger partial charge < -0.3 is 14.2 Å². The van der Waals surface area contributed by atoms with Crippen LogP contribution in [0.25, 0.3) is 11.1 Å². The Hall–Kier alpha value is -3.41. The van der Waals surface area contributed by atoms with Gasteiger partial charge in [-0.15, -0.1) is 0 Å². The molecule has 0 spiro atoms. The van der Waals surface area contributed by atoms with Crippen LogP contribution in [0.4, 0.5) is 0 Å². The lowest BCUT2D eigenvalue weighted by Crippen LogP contribution is -2.41. The molecule has 6 heteroatoms. The van der Waals surface area contributed by atoms with Crippen LogP contribution in [0.3, 0.4) is 0 Å². The number of nitrogens with zero attached hydrogens (tertiary/aromatic N) is 1. The van der Waals surface area contributed by atoms with Crippen LogP contribution in [0.15, 0.2) is 59.6 Å². The molecule has 0 aromatic heterocycles. The van der Waals surface area contributed by atoms with Gasteiger partial charge >= 0.3 is 11.9 Å². The largest absolute Gasteiger partial charge is 0.494 e. The predicted octanol–water partition coefficient (Wildman–Crippen LogP) is 4.80. The van der Waals surface area contributed by atoms with Crippen molar-refractivity contribution in [3.63, 3.8) is 0 Å². The van der Waals surface area contributed by atoms with E-state index in [0.717, 1.165) is 16.7 Å². The maximum absolute atomic E-state index is 13.1. The number of allylic oxidation sites excluding steroid dienone is 1. The molecule has 0 bridgehead atoms. The molecule has 0 saturated carbocycles. The minimum Gasteiger partial charge on any atom is -0.494 e. The maximum atomic E-state index is 13.1. The summed E-state index contributed by atoms with van der Waals surface area (Å²) >= 11 is 0. The molecule has 0 amide bonds. The van der Waals surface area contributed by atoms with Crippen LogP contribution in [-0.2, 0) is 20.7 Å². The molecule has 0 N–H and O–H groups in total. The highest BCUT2D eigenvalue weighted by atomic mass is 16.6. The number of carbonyl (C=O) groups excluding carboxylic acids is 2. The summed E-state index contributed by atoms with van der Waals surface area (Å²) in [5.74, 6) is -0.123. The monoisotopic (exact) mass is 435 g/mol. The van der Waals surface area contributed by atoms with Gasteiger partial charge in [-0.05, 0) is 80.8 Å². The number of ether oxygens (including phenoxy) is 3. The van der Waals surface area contributed by atoms with Crippen LogP contribution in [-0.4, -0.2) is 43.0 Å². The predicted molar refractivity (Wildman–Crippen MR) is 124 cm³/mol. The average Bonchev–Trinajstić information content (AvgIpc) is 3.23. The van der Waals surface area contributed by atoms with Gasteiger partial charge in [0.05, 0.1) is 19.3 Å². The van der Waals surface area contributed by atoms with Gasteiger partial charge in [0, 0.05) is 12.6 Å². The van der Waals surface area contributed by atoms with Crippen molar-refractivity contribution in [3.8, 4) is 16.9 Å². The van der Waals surface area contributed by atoms with Crippen molar-refractivity contribution in [3.05, 3.63) is 65.7 Å². The first-order valence-electron chi connectivity index (χ1n) is 10.6. The zero-order valence-electron chi connectivity index (χ0n) is 19.2. The van der Waals surface area contributed by atoms with Crippen molar-refractivity contribution in [1.82, 2.24) is 0 Å². The van der Waals surface area contributed by atoms with Gasteiger partial charge in [-0.1, -0.05) is 18.2 Å². The first kappa shape index (κ1) is 23.3. The van der Waals surface area contributed by atoms with Crippen molar-refractivity contribution in [2.45, 2.75) is 45.3 Å². The Bertz CT molecular complexity index is 1050. The number of rotatable bonds is 7. The SMILES string of the molecule is CCOc1ccc(-c2cccc(C(=O)OC)c2)cc1CC1(C(=O)OC(C)(C)C)C=CC=N1. The Balaban J connectivity index is 2.02. The Kier molecular flexibility index (Phi) is 6.82. The van der Waals surface area contributed by atoms with E-state index in [0.29, 0.717) is 17.9 Å². The molecule has 1 aliphatic heterocycles. The first-order valence-corrected chi connectivity index (χ1v) is 10.6. The van der Waals surface area contributed by atoms with Crippen LogP contribution in [0.5, 0.6) is 5.75 Å². The molecule has 2 aromatic carbocycles. The van der Waals surface area contributed by atoms with Crippen LogP contribution in [0.2, 0.25) is 0 Å². The van der Waals surface area contributed by atoms with E-state index in [1.54, 1.807) is 30.5 Å². The molecule has 168 valence electrons. The molecule has 0 fully saturated rings. The molecule has 1 atom stereocenters. The third-order valence-corrected chi connectivity index (χ3v) is 4.95. The molecule has 6 nitrogen and oxygen atoms in total. The van der Waals surface area contributed by atoms with Gasteiger partial charge in [-0.25, -0.2) is 9.59 Å². The highest BCUT2D eigenvalue weighted by Crippen LogP contribution is 2.34. The summed E-state index contributed by atoms with van der Waals surface area (Å²) in [6.45, 7) is 7.90. The summed E-state index contributed by atoms with van der Waals surface area (Å²) in [7, 11) is 1.36. The number of methoxy groups -OCH3 is 1. The topological polar surface area (TPSA) is 74.2 Å². The van der Waals surface area contributed by atoms with Gasteiger partial charge in [-0.2, -0.15) is 0 Å².